The summed E-state index contributed by atoms with van der Waals surface area (Å²) in [5, 5.41) is 4.92. The Morgan fingerprint density at radius 2 is 2.00 bits per heavy atom. The number of hydrogen-bond acceptors (Lipinski definition) is 5. The van der Waals surface area contributed by atoms with Crippen LogP contribution >= 0.6 is 11.6 Å². The molecular weight excluding hydrogens is 266 g/mol. The average molecular weight is 282 g/mol. The zero-order valence-corrected chi connectivity index (χ0v) is 12.1. The highest BCUT2D eigenvalue weighted by Crippen LogP contribution is 2.28. The van der Waals surface area contributed by atoms with Gasteiger partial charge in [0.05, 0.1) is 22.5 Å². The molecule has 0 aliphatic rings. The van der Waals surface area contributed by atoms with Gasteiger partial charge >= 0.3 is 0 Å². The summed E-state index contributed by atoms with van der Waals surface area (Å²) in [5.41, 5.74) is 7.89. The first-order valence-electron chi connectivity index (χ1n) is 5.91. The molecule has 102 valence electrons. The lowest BCUT2D eigenvalue weighted by Gasteiger charge is -2.13. The van der Waals surface area contributed by atoms with Crippen molar-refractivity contribution in [3.05, 3.63) is 22.7 Å². The summed E-state index contributed by atoms with van der Waals surface area (Å²) >= 11 is 6.13. The van der Waals surface area contributed by atoms with E-state index in [-0.39, 0.29) is 6.10 Å². The van der Waals surface area contributed by atoms with Gasteiger partial charge in [0.25, 0.3) is 0 Å². The minimum atomic E-state index is -0.0194. The van der Waals surface area contributed by atoms with Crippen LogP contribution in [0.3, 0.4) is 0 Å². The highest BCUT2D eigenvalue weighted by Gasteiger charge is 2.17. The van der Waals surface area contributed by atoms with Crippen molar-refractivity contribution in [2.45, 2.75) is 33.8 Å². The van der Waals surface area contributed by atoms with Gasteiger partial charge in [-0.3, -0.25) is 0 Å². The Hall–Kier alpha value is -1.82. The first-order valence-corrected chi connectivity index (χ1v) is 6.28. The van der Waals surface area contributed by atoms with Crippen LogP contribution in [0.15, 0.2) is 6.33 Å². The van der Waals surface area contributed by atoms with Crippen molar-refractivity contribution < 1.29 is 4.74 Å². The summed E-state index contributed by atoms with van der Waals surface area (Å²) in [4.78, 5) is 8.19. The molecule has 0 aliphatic heterocycles. The lowest BCUT2D eigenvalue weighted by molar-refractivity contribution is 0.233. The molecule has 2 aromatic rings. The Balaban J connectivity index is 2.53. The predicted molar refractivity (Wildman–Crippen MR) is 73.8 cm³/mol. The summed E-state index contributed by atoms with van der Waals surface area (Å²) in [7, 11) is 0. The molecule has 0 amide bonds. The SMILES string of the molecule is Cc1nn(-c2ncnc(OC(C)C)c2N)c(C)c1Cl. The fourth-order valence-electron chi connectivity index (χ4n) is 1.69. The highest BCUT2D eigenvalue weighted by molar-refractivity contribution is 6.31. The Bertz CT molecular complexity index is 608. The van der Waals surface area contributed by atoms with Crippen LogP contribution in [-0.2, 0) is 0 Å². The van der Waals surface area contributed by atoms with Crippen LogP contribution in [0.25, 0.3) is 5.82 Å². The summed E-state index contributed by atoms with van der Waals surface area (Å²) in [5.74, 6) is 0.821. The van der Waals surface area contributed by atoms with Crippen molar-refractivity contribution in [3.63, 3.8) is 0 Å². The van der Waals surface area contributed by atoms with Crippen molar-refractivity contribution in [1.29, 1.82) is 0 Å². The smallest absolute Gasteiger partial charge is 0.242 e. The van der Waals surface area contributed by atoms with Crippen LogP contribution in [0.2, 0.25) is 5.02 Å². The van der Waals surface area contributed by atoms with Gasteiger partial charge in [0, 0.05) is 0 Å². The quantitative estimate of drug-likeness (QED) is 0.934. The summed E-state index contributed by atoms with van der Waals surface area (Å²) in [6, 6.07) is 0. The van der Waals surface area contributed by atoms with Gasteiger partial charge in [0.1, 0.15) is 12.0 Å². The molecule has 0 bridgehead atoms. The van der Waals surface area contributed by atoms with Crippen molar-refractivity contribution >= 4 is 17.3 Å². The van der Waals surface area contributed by atoms with Crippen molar-refractivity contribution in [2.24, 2.45) is 0 Å². The first-order chi connectivity index (χ1) is 8.91. The molecule has 0 atom stereocenters. The van der Waals surface area contributed by atoms with Gasteiger partial charge in [0.15, 0.2) is 5.82 Å². The Morgan fingerprint density at radius 1 is 1.32 bits per heavy atom. The van der Waals surface area contributed by atoms with E-state index in [0.717, 1.165) is 11.4 Å². The summed E-state index contributed by atoms with van der Waals surface area (Å²) in [6.45, 7) is 7.49. The molecule has 6 nitrogen and oxygen atoms in total. The molecule has 2 N–H and O–H groups in total. The van der Waals surface area contributed by atoms with Crippen LogP contribution in [0.5, 0.6) is 5.88 Å². The minimum Gasteiger partial charge on any atom is -0.473 e. The standard InChI is InChI=1S/C12H16ClN5O/c1-6(2)19-12-10(14)11(15-5-16-12)18-8(4)9(13)7(3)17-18/h5-6H,14H2,1-4H3. The summed E-state index contributed by atoms with van der Waals surface area (Å²) in [6.07, 6.45) is 1.38. The van der Waals surface area contributed by atoms with E-state index < -0.39 is 0 Å². The van der Waals surface area contributed by atoms with E-state index in [2.05, 4.69) is 15.1 Å². The fraction of sp³-hybridized carbons (Fsp3) is 0.417. The largest absolute Gasteiger partial charge is 0.473 e. The van der Waals surface area contributed by atoms with Gasteiger partial charge in [-0.1, -0.05) is 11.6 Å². The zero-order valence-electron chi connectivity index (χ0n) is 11.3. The number of ether oxygens (including phenoxy) is 1. The van der Waals surface area contributed by atoms with E-state index in [0.29, 0.717) is 22.4 Å². The fourth-order valence-corrected chi connectivity index (χ4v) is 1.80. The first kappa shape index (κ1) is 13.6. The van der Waals surface area contributed by atoms with Gasteiger partial charge < -0.3 is 10.5 Å². The molecule has 0 aliphatic carbocycles. The number of halogens is 1. The van der Waals surface area contributed by atoms with Crippen LogP contribution in [0.1, 0.15) is 25.2 Å². The molecule has 2 rings (SSSR count). The molecule has 0 saturated heterocycles. The highest BCUT2D eigenvalue weighted by atomic mass is 35.5. The number of nitrogens with zero attached hydrogens (tertiary/aromatic N) is 4. The van der Waals surface area contributed by atoms with Crippen molar-refractivity contribution in [2.75, 3.05) is 5.73 Å². The number of nitrogens with two attached hydrogens (primary N) is 1. The lowest BCUT2D eigenvalue weighted by Crippen LogP contribution is -2.13. The Morgan fingerprint density at radius 3 is 2.53 bits per heavy atom. The number of anilines is 1. The topological polar surface area (TPSA) is 78.8 Å². The van der Waals surface area contributed by atoms with Gasteiger partial charge in [-0.25, -0.2) is 9.67 Å². The van der Waals surface area contributed by atoms with E-state index in [1.165, 1.54) is 6.33 Å². The Labute approximate surface area is 116 Å². The normalized spacial score (nSPS) is 11.1. The van der Waals surface area contributed by atoms with Crippen LogP contribution in [0, 0.1) is 13.8 Å². The number of hydrogen-bond donors (Lipinski definition) is 1. The average Bonchev–Trinajstić information content (AvgIpc) is 2.59. The number of nitrogen functional groups attached to an aromatic ring is 1. The lowest BCUT2D eigenvalue weighted by atomic mass is 10.4. The van der Waals surface area contributed by atoms with Crippen molar-refractivity contribution in [1.82, 2.24) is 19.7 Å². The van der Waals surface area contributed by atoms with E-state index in [4.69, 9.17) is 22.1 Å². The molecule has 2 heterocycles. The molecule has 0 fully saturated rings. The Kier molecular flexibility index (Phi) is 3.61. The summed E-state index contributed by atoms with van der Waals surface area (Å²) < 4.78 is 7.13. The van der Waals surface area contributed by atoms with E-state index in [1.807, 2.05) is 27.7 Å². The van der Waals surface area contributed by atoms with Gasteiger partial charge in [-0.05, 0) is 27.7 Å². The maximum absolute atomic E-state index is 6.13. The second-order valence-electron chi connectivity index (χ2n) is 4.48. The number of aromatic nitrogens is 4. The van der Waals surface area contributed by atoms with Crippen LogP contribution in [0.4, 0.5) is 5.69 Å². The second kappa shape index (κ2) is 5.05. The zero-order chi connectivity index (χ0) is 14.2. The third-order valence-corrected chi connectivity index (χ3v) is 3.12. The molecule has 0 aromatic carbocycles. The van der Waals surface area contributed by atoms with E-state index in [9.17, 15) is 0 Å². The number of rotatable bonds is 3. The molecule has 2 aromatic heterocycles. The van der Waals surface area contributed by atoms with Gasteiger partial charge in [0.2, 0.25) is 5.88 Å². The maximum atomic E-state index is 6.13. The van der Waals surface area contributed by atoms with E-state index in [1.54, 1.807) is 4.68 Å². The van der Waals surface area contributed by atoms with Crippen LogP contribution in [-0.4, -0.2) is 25.9 Å². The minimum absolute atomic E-state index is 0.0194. The van der Waals surface area contributed by atoms with Gasteiger partial charge in [-0.2, -0.15) is 10.1 Å². The predicted octanol–water partition coefficient (Wildman–Crippen LogP) is 2.30. The molecule has 7 heteroatoms. The second-order valence-corrected chi connectivity index (χ2v) is 4.86. The van der Waals surface area contributed by atoms with Gasteiger partial charge in [-0.15, -0.1) is 0 Å². The monoisotopic (exact) mass is 281 g/mol. The molecule has 0 radical (unpaired) electrons. The molecular formula is C12H16ClN5O. The van der Waals surface area contributed by atoms with Crippen molar-refractivity contribution in [3.8, 4) is 11.7 Å². The third-order valence-electron chi connectivity index (χ3n) is 2.58. The maximum Gasteiger partial charge on any atom is 0.242 e. The van der Waals surface area contributed by atoms with E-state index >= 15 is 0 Å². The molecule has 0 unspecified atom stereocenters. The third kappa shape index (κ3) is 2.49. The number of aryl methyl sites for hydroxylation is 1. The van der Waals surface area contributed by atoms with Crippen LogP contribution < -0.4 is 10.5 Å². The molecule has 19 heavy (non-hydrogen) atoms. The molecule has 0 saturated carbocycles. The molecule has 0 spiro atoms.